The van der Waals surface area contributed by atoms with E-state index in [1.165, 1.54) is 31.4 Å². The molecule has 0 spiro atoms. The van der Waals surface area contributed by atoms with E-state index in [0.717, 1.165) is 92.5 Å². The summed E-state index contributed by atoms with van der Waals surface area (Å²) in [5.41, 5.74) is 4.51. The van der Waals surface area contributed by atoms with Crippen LogP contribution in [0.15, 0.2) is 48.5 Å². The molecular formula is C41H57FN4O4. The van der Waals surface area contributed by atoms with Crippen LogP contribution >= 0.6 is 0 Å². The number of nitrogens with one attached hydrogen (secondary N) is 1. The van der Waals surface area contributed by atoms with Gasteiger partial charge < -0.3 is 29.7 Å². The lowest BCUT2D eigenvalue weighted by Gasteiger charge is -2.41. The van der Waals surface area contributed by atoms with Gasteiger partial charge in [0.15, 0.2) is 6.10 Å². The van der Waals surface area contributed by atoms with Gasteiger partial charge in [0.05, 0.1) is 17.9 Å². The van der Waals surface area contributed by atoms with Crippen molar-refractivity contribution in [3.63, 3.8) is 0 Å². The van der Waals surface area contributed by atoms with Gasteiger partial charge in [-0.3, -0.25) is 0 Å². The summed E-state index contributed by atoms with van der Waals surface area (Å²) in [4.78, 5) is 23.0. The van der Waals surface area contributed by atoms with Gasteiger partial charge in [-0.05, 0) is 120 Å². The van der Waals surface area contributed by atoms with E-state index in [1.54, 1.807) is 12.1 Å². The fourth-order valence-corrected chi connectivity index (χ4v) is 7.02. The SMILES string of the molecule is Cc1nc(NCCCN2CCCCC2)c(-c2ccc(OCCc3ccc(F)cc3)cc2)c(N2CCC(C)(C)CC2)c1[C@H](OC(C)(C)C)C(=O)O. The molecule has 0 amide bonds. The third-order valence-corrected chi connectivity index (χ3v) is 9.90. The predicted molar refractivity (Wildman–Crippen MR) is 200 cm³/mol. The van der Waals surface area contributed by atoms with Crippen LogP contribution in [0, 0.1) is 18.2 Å². The molecule has 2 saturated heterocycles. The Hall–Kier alpha value is -3.69. The van der Waals surface area contributed by atoms with Crippen molar-refractivity contribution < 1.29 is 23.8 Å². The van der Waals surface area contributed by atoms with Crippen LogP contribution < -0.4 is 15.0 Å². The van der Waals surface area contributed by atoms with Gasteiger partial charge in [0, 0.05) is 42.9 Å². The van der Waals surface area contributed by atoms with Crippen molar-refractivity contribution in [2.75, 3.05) is 56.1 Å². The van der Waals surface area contributed by atoms with Gasteiger partial charge in [-0.25, -0.2) is 14.2 Å². The molecule has 0 bridgehead atoms. The molecule has 2 N–H and O–H groups in total. The first kappa shape index (κ1) is 37.6. The highest BCUT2D eigenvalue weighted by Gasteiger charge is 2.37. The molecule has 272 valence electrons. The van der Waals surface area contributed by atoms with Crippen molar-refractivity contribution in [2.45, 2.75) is 98.2 Å². The van der Waals surface area contributed by atoms with E-state index in [-0.39, 0.29) is 11.2 Å². The van der Waals surface area contributed by atoms with Gasteiger partial charge in [-0.15, -0.1) is 0 Å². The highest BCUT2D eigenvalue weighted by atomic mass is 19.1. The van der Waals surface area contributed by atoms with Crippen molar-refractivity contribution in [2.24, 2.45) is 5.41 Å². The van der Waals surface area contributed by atoms with E-state index >= 15 is 0 Å². The summed E-state index contributed by atoms with van der Waals surface area (Å²) in [5.74, 6) is 0.214. The van der Waals surface area contributed by atoms with E-state index in [9.17, 15) is 14.3 Å². The minimum absolute atomic E-state index is 0.204. The Balaban J connectivity index is 1.52. The monoisotopic (exact) mass is 688 g/mol. The van der Waals surface area contributed by atoms with Gasteiger partial charge >= 0.3 is 5.97 Å². The topological polar surface area (TPSA) is 87.2 Å². The fourth-order valence-electron chi connectivity index (χ4n) is 7.02. The molecule has 3 heterocycles. The lowest BCUT2D eigenvalue weighted by molar-refractivity contribution is -0.160. The summed E-state index contributed by atoms with van der Waals surface area (Å²) in [6.45, 7) is 18.4. The molecule has 2 aromatic carbocycles. The predicted octanol–water partition coefficient (Wildman–Crippen LogP) is 8.67. The zero-order chi connectivity index (χ0) is 35.9. The Morgan fingerprint density at radius 1 is 1.00 bits per heavy atom. The number of benzene rings is 2. The van der Waals surface area contributed by atoms with Crippen molar-refractivity contribution in [1.82, 2.24) is 9.88 Å². The number of hydrogen-bond donors (Lipinski definition) is 2. The molecule has 0 saturated carbocycles. The Labute approximate surface area is 298 Å². The second kappa shape index (κ2) is 16.6. The summed E-state index contributed by atoms with van der Waals surface area (Å²) in [6.07, 6.45) is 6.30. The number of aliphatic carboxylic acids is 1. The zero-order valence-electron chi connectivity index (χ0n) is 31.0. The minimum atomic E-state index is -1.19. The number of rotatable bonds is 14. The molecule has 2 aliphatic rings. The molecule has 1 atom stereocenters. The molecule has 8 nitrogen and oxygen atoms in total. The number of pyridine rings is 1. The number of aromatic nitrogens is 1. The van der Waals surface area contributed by atoms with Crippen LogP contribution in [0.25, 0.3) is 11.1 Å². The van der Waals surface area contributed by atoms with Gasteiger partial charge in [-0.2, -0.15) is 0 Å². The number of carboxylic acids is 1. The lowest BCUT2D eigenvalue weighted by Crippen LogP contribution is -2.39. The highest BCUT2D eigenvalue weighted by Crippen LogP contribution is 2.46. The lowest BCUT2D eigenvalue weighted by atomic mass is 9.82. The molecule has 0 radical (unpaired) electrons. The Morgan fingerprint density at radius 3 is 2.28 bits per heavy atom. The summed E-state index contributed by atoms with van der Waals surface area (Å²) in [6, 6.07) is 14.5. The quantitative estimate of drug-likeness (QED) is 0.163. The molecule has 50 heavy (non-hydrogen) atoms. The molecule has 2 fully saturated rings. The average molecular weight is 689 g/mol. The normalized spacial score (nSPS) is 17.4. The Bertz CT molecular complexity index is 1550. The molecule has 9 heteroatoms. The number of hydrogen-bond acceptors (Lipinski definition) is 7. The number of anilines is 2. The number of piperidine rings is 2. The summed E-state index contributed by atoms with van der Waals surface area (Å²) < 4.78 is 25.8. The van der Waals surface area contributed by atoms with E-state index in [0.29, 0.717) is 24.3 Å². The van der Waals surface area contributed by atoms with E-state index in [1.807, 2.05) is 52.0 Å². The number of halogens is 1. The van der Waals surface area contributed by atoms with Crippen LogP contribution in [0.4, 0.5) is 15.9 Å². The summed E-state index contributed by atoms with van der Waals surface area (Å²) >= 11 is 0. The second-order valence-corrected chi connectivity index (χ2v) is 15.7. The summed E-state index contributed by atoms with van der Waals surface area (Å²) in [7, 11) is 0. The number of carboxylic acid groups (broad SMARTS) is 1. The molecule has 0 unspecified atom stereocenters. The largest absolute Gasteiger partial charge is 0.493 e. The number of nitrogens with zero attached hydrogens (tertiary/aromatic N) is 3. The smallest absolute Gasteiger partial charge is 0.337 e. The van der Waals surface area contributed by atoms with Gasteiger partial charge in [0.2, 0.25) is 0 Å². The number of aryl methyl sites for hydroxylation is 1. The van der Waals surface area contributed by atoms with Gasteiger partial charge in [0.1, 0.15) is 17.4 Å². The van der Waals surface area contributed by atoms with E-state index in [4.69, 9.17) is 14.5 Å². The van der Waals surface area contributed by atoms with Crippen LogP contribution in [0.3, 0.4) is 0 Å². The van der Waals surface area contributed by atoms with Crippen LogP contribution in [-0.4, -0.2) is 72.4 Å². The van der Waals surface area contributed by atoms with E-state index < -0.39 is 17.7 Å². The van der Waals surface area contributed by atoms with Gasteiger partial charge in [-0.1, -0.05) is 44.5 Å². The van der Waals surface area contributed by atoms with Gasteiger partial charge in [0.25, 0.3) is 0 Å². The number of carbonyl (C=O) groups is 1. The van der Waals surface area contributed by atoms with Crippen molar-refractivity contribution in [1.29, 1.82) is 0 Å². The average Bonchev–Trinajstić information content (AvgIpc) is 3.07. The standard InChI is InChI=1S/C41H57FN4O4/c1-29-34(37(39(47)48)50-40(2,3)4)36(46-26-20-41(5,6)21-27-46)35(38(44-29)43-22-10-25-45-23-8-7-9-24-45)31-13-17-33(18-14-31)49-28-19-30-11-15-32(42)16-12-30/h11-18,37H,7-10,19-28H2,1-6H3,(H,43,44)(H,47,48)/t37-/m0/s1. The Morgan fingerprint density at radius 2 is 1.66 bits per heavy atom. The molecular weight excluding hydrogens is 631 g/mol. The molecule has 1 aromatic heterocycles. The fraction of sp³-hybridized carbons (Fsp3) is 0.561. The van der Waals surface area contributed by atoms with Crippen LogP contribution in [-0.2, 0) is 16.0 Å². The molecule has 0 aliphatic carbocycles. The van der Waals surface area contributed by atoms with Crippen molar-refractivity contribution >= 4 is 17.5 Å². The first-order valence-electron chi connectivity index (χ1n) is 18.4. The molecule has 2 aliphatic heterocycles. The molecule has 5 rings (SSSR count). The maximum atomic E-state index is 13.3. The minimum Gasteiger partial charge on any atom is -0.493 e. The number of likely N-dealkylation sites (tertiary alicyclic amines) is 1. The third kappa shape index (κ3) is 10.2. The van der Waals surface area contributed by atoms with E-state index in [2.05, 4.69) is 29.0 Å². The van der Waals surface area contributed by atoms with Crippen LogP contribution in [0.5, 0.6) is 5.75 Å². The first-order valence-corrected chi connectivity index (χ1v) is 18.4. The molecule has 3 aromatic rings. The highest BCUT2D eigenvalue weighted by molar-refractivity contribution is 5.92. The maximum Gasteiger partial charge on any atom is 0.337 e. The Kier molecular flexibility index (Phi) is 12.4. The van der Waals surface area contributed by atoms with Crippen LogP contribution in [0.2, 0.25) is 0 Å². The number of ether oxygens (including phenoxy) is 2. The second-order valence-electron chi connectivity index (χ2n) is 15.7. The van der Waals surface area contributed by atoms with Crippen molar-refractivity contribution in [3.05, 3.63) is 71.2 Å². The third-order valence-electron chi connectivity index (χ3n) is 9.90. The first-order chi connectivity index (χ1) is 23.8. The maximum absolute atomic E-state index is 13.3. The van der Waals surface area contributed by atoms with Crippen LogP contribution in [0.1, 0.15) is 96.1 Å². The summed E-state index contributed by atoms with van der Waals surface area (Å²) in [5, 5.41) is 14.3. The van der Waals surface area contributed by atoms with Crippen molar-refractivity contribution in [3.8, 4) is 16.9 Å². The zero-order valence-corrected chi connectivity index (χ0v) is 31.0.